The Morgan fingerprint density at radius 3 is 2.74 bits per heavy atom. The van der Waals surface area contributed by atoms with Crippen molar-refractivity contribution >= 4 is 47.7 Å². The van der Waals surface area contributed by atoms with Crippen LogP contribution in [-0.4, -0.2) is 31.9 Å². The van der Waals surface area contributed by atoms with E-state index >= 15 is 0 Å². The molecule has 0 aliphatic heterocycles. The zero-order valence-corrected chi connectivity index (χ0v) is 20.9. The molecule has 1 unspecified atom stereocenters. The van der Waals surface area contributed by atoms with Crippen LogP contribution in [0.4, 0.5) is 15.5 Å². The summed E-state index contributed by atoms with van der Waals surface area (Å²) < 4.78 is 39.6. The highest BCUT2D eigenvalue weighted by atomic mass is 32.2. The van der Waals surface area contributed by atoms with E-state index in [2.05, 4.69) is 19.4 Å². The summed E-state index contributed by atoms with van der Waals surface area (Å²) in [5.41, 5.74) is 4.35. The van der Waals surface area contributed by atoms with Crippen molar-refractivity contribution in [2.75, 3.05) is 17.8 Å². The smallest absolute Gasteiger partial charge is 0.306 e. The van der Waals surface area contributed by atoms with E-state index in [1.165, 1.54) is 30.8 Å². The van der Waals surface area contributed by atoms with Crippen LogP contribution in [0.15, 0.2) is 51.2 Å². The first kappa shape index (κ1) is 23.9. The highest BCUT2D eigenvalue weighted by molar-refractivity contribution is 7.93. The number of amides is 2. The van der Waals surface area contributed by atoms with Gasteiger partial charge in [-0.1, -0.05) is 12.1 Å². The van der Waals surface area contributed by atoms with Crippen LogP contribution in [0.3, 0.4) is 0 Å². The van der Waals surface area contributed by atoms with Gasteiger partial charge in [-0.15, -0.1) is 11.3 Å². The van der Waals surface area contributed by atoms with Crippen molar-refractivity contribution in [2.45, 2.75) is 23.5 Å². The van der Waals surface area contributed by atoms with Gasteiger partial charge in [-0.3, -0.25) is 0 Å². The Balaban J connectivity index is 1.64. The SMILES string of the molecule is CS(C)(=O)=Nc1ccc(S(=N)(=O)NC(=O)Nc2c(-c3ccnc(C#N)c3)ccc3c2CCC3)s1. The zero-order valence-electron chi connectivity index (χ0n) is 18.5. The number of thiophene rings is 1. The molecule has 12 heteroatoms. The second kappa shape index (κ2) is 9.17. The summed E-state index contributed by atoms with van der Waals surface area (Å²) in [6.45, 7) is 0. The van der Waals surface area contributed by atoms with Gasteiger partial charge in [0.15, 0.2) is 9.92 Å². The highest BCUT2D eigenvalue weighted by Gasteiger charge is 2.23. The first-order valence-electron chi connectivity index (χ1n) is 10.2. The van der Waals surface area contributed by atoms with Gasteiger partial charge in [-0.25, -0.2) is 27.7 Å². The maximum absolute atomic E-state index is 13.0. The van der Waals surface area contributed by atoms with Crippen molar-refractivity contribution < 1.29 is 13.2 Å². The fourth-order valence-corrected chi connectivity index (χ4v) is 6.94. The molecule has 9 nitrogen and oxygen atoms in total. The third-order valence-corrected chi connectivity index (χ3v) is 8.76. The summed E-state index contributed by atoms with van der Waals surface area (Å²) in [5, 5.41) is 12.4. The normalized spacial score (nSPS) is 14.5. The van der Waals surface area contributed by atoms with Crippen LogP contribution in [0.5, 0.6) is 0 Å². The number of urea groups is 1. The molecule has 0 bridgehead atoms. The van der Waals surface area contributed by atoms with Gasteiger partial charge in [0.1, 0.15) is 21.0 Å². The van der Waals surface area contributed by atoms with Crippen LogP contribution in [0.25, 0.3) is 11.1 Å². The van der Waals surface area contributed by atoms with Crippen molar-refractivity contribution in [1.29, 1.82) is 10.0 Å². The number of benzene rings is 1. The molecule has 0 spiro atoms. The van der Waals surface area contributed by atoms with Gasteiger partial charge < -0.3 is 5.32 Å². The van der Waals surface area contributed by atoms with E-state index in [9.17, 15) is 18.5 Å². The van der Waals surface area contributed by atoms with Gasteiger partial charge in [0, 0.05) is 34.0 Å². The topological polar surface area (TPSA) is 148 Å². The van der Waals surface area contributed by atoms with Gasteiger partial charge in [-0.05, 0) is 60.2 Å². The van der Waals surface area contributed by atoms with Crippen molar-refractivity contribution in [2.24, 2.45) is 4.36 Å². The van der Waals surface area contributed by atoms with Crippen LogP contribution < -0.4 is 10.0 Å². The first-order valence-corrected chi connectivity index (χ1v) is 14.9. The number of carbonyl (C=O) groups excluding carboxylic acids is 1. The van der Waals surface area contributed by atoms with Crippen LogP contribution >= 0.6 is 11.3 Å². The summed E-state index contributed by atoms with van der Waals surface area (Å²) >= 11 is 0.950. The Morgan fingerprint density at radius 2 is 2.00 bits per heavy atom. The lowest BCUT2D eigenvalue weighted by Gasteiger charge is -2.17. The number of carbonyl (C=O) groups is 1. The lowest BCUT2D eigenvalue weighted by molar-refractivity contribution is 0.257. The number of hydrogen-bond acceptors (Lipinski definition) is 8. The molecular formula is C22H22N6O3S3. The molecule has 2 aromatic heterocycles. The van der Waals surface area contributed by atoms with E-state index in [4.69, 9.17) is 4.78 Å². The predicted molar refractivity (Wildman–Crippen MR) is 134 cm³/mol. The van der Waals surface area contributed by atoms with E-state index in [0.717, 1.165) is 47.3 Å². The second-order valence-electron chi connectivity index (χ2n) is 8.00. The van der Waals surface area contributed by atoms with Gasteiger partial charge in [0.05, 0.1) is 5.69 Å². The number of nitrogens with zero attached hydrogens (tertiary/aromatic N) is 3. The van der Waals surface area contributed by atoms with E-state index in [-0.39, 0.29) is 9.90 Å². The molecule has 4 rings (SSSR count). The molecule has 1 aliphatic carbocycles. The fraction of sp³-hybridized carbons (Fsp3) is 0.227. The Morgan fingerprint density at radius 1 is 1.21 bits per heavy atom. The van der Waals surface area contributed by atoms with Gasteiger partial charge >= 0.3 is 6.03 Å². The average molecular weight is 515 g/mol. The number of aryl methyl sites for hydroxylation is 1. The quantitative estimate of drug-likeness (QED) is 0.452. The monoisotopic (exact) mass is 514 g/mol. The predicted octanol–water partition coefficient (Wildman–Crippen LogP) is 4.67. The number of aromatic nitrogens is 1. The number of fused-ring (bicyclic) bond motifs is 1. The number of rotatable bonds is 5. The third-order valence-electron chi connectivity index (χ3n) is 5.10. The molecule has 0 radical (unpaired) electrons. The molecule has 2 heterocycles. The molecule has 1 aromatic carbocycles. The Hall–Kier alpha value is -3.27. The van der Waals surface area contributed by atoms with Gasteiger partial charge in [0.2, 0.25) is 0 Å². The third kappa shape index (κ3) is 5.27. The fourth-order valence-electron chi connectivity index (χ4n) is 3.76. The molecule has 176 valence electrons. The first-order chi connectivity index (χ1) is 16.1. The average Bonchev–Trinajstić information content (AvgIpc) is 3.42. The minimum absolute atomic E-state index is 0.108. The van der Waals surface area contributed by atoms with E-state index < -0.39 is 25.7 Å². The molecule has 34 heavy (non-hydrogen) atoms. The van der Waals surface area contributed by atoms with E-state index in [1.54, 1.807) is 12.1 Å². The molecule has 1 atom stereocenters. The van der Waals surface area contributed by atoms with Crippen molar-refractivity contribution in [1.82, 2.24) is 9.71 Å². The number of hydrogen-bond donors (Lipinski definition) is 3. The number of anilines is 1. The standard InChI is InChI=1S/C22H22N6O3S3/c1-33(2,30)27-19-8-9-20(32-19)34(24,31)28-22(29)26-21-17-5-3-4-14(17)6-7-18(21)15-10-11-25-16(12-15)13-23/h6-12H,3-5H2,1-2H3,(H3,24,26,28,29,31). The summed E-state index contributed by atoms with van der Waals surface area (Å²) in [4.78, 5) is 16.9. The Bertz CT molecular complexity index is 1550. The number of nitrogens with one attached hydrogen (secondary N) is 3. The van der Waals surface area contributed by atoms with Crippen LogP contribution in [0.1, 0.15) is 23.2 Å². The Kier molecular flexibility index (Phi) is 6.44. The zero-order chi connectivity index (χ0) is 24.5. The lowest BCUT2D eigenvalue weighted by Crippen LogP contribution is -2.33. The summed E-state index contributed by atoms with van der Waals surface area (Å²) in [5.74, 6) is 0. The molecule has 1 aliphatic rings. The molecule has 3 N–H and O–H groups in total. The van der Waals surface area contributed by atoms with Crippen molar-refractivity contribution in [3.05, 3.63) is 59.4 Å². The molecule has 0 fully saturated rings. The Labute approximate surface area is 202 Å². The van der Waals surface area contributed by atoms with Gasteiger partial charge in [0.25, 0.3) is 0 Å². The summed E-state index contributed by atoms with van der Waals surface area (Å²) in [7, 11) is -6.07. The van der Waals surface area contributed by atoms with Crippen LogP contribution in [0, 0.1) is 16.1 Å². The molecule has 2 amide bonds. The number of nitriles is 1. The maximum atomic E-state index is 13.0. The minimum Gasteiger partial charge on any atom is -0.306 e. The van der Waals surface area contributed by atoms with Crippen LogP contribution in [-0.2, 0) is 32.5 Å². The van der Waals surface area contributed by atoms with E-state index in [1.807, 2.05) is 18.2 Å². The summed E-state index contributed by atoms with van der Waals surface area (Å²) in [6, 6.07) is 11.5. The number of pyridine rings is 1. The van der Waals surface area contributed by atoms with Crippen molar-refractivity contribution in [3.63, 3.8) is 0 Å². The van der Waals surface area contributed by atoms with E-state index in [0.29, 0.717) is 16.3 Å². The molecule has 0 saturated heterocycles. The van der Waals surface area contributed by atoms with Crippen molar-refractivity contribution in [3.8, 4) is 17.2 Å². The highest BCUT2D eigenvalue weighted by Crippen LogP contribution is 2.38. The minimum atomic E-state index is -3.67. The summed E-state index contributed by atoms with van der Waals surface area (Å²) in [6.07, 6.45) is 7.10. The largest absolute Gasteiger partial charge is 0.331 e. The second-order valence-corrected chi connectivity index (χ2v) is 13.6. The molecule has 0 saturated carbocycles. The maximum Gasteiger partial charge on any atom is 0.331 e. The lowest BCUT2D eigenvalue weighted by atomic mass is 9.97. The van der Waals surface area contributed by atoms with Gasteiger partial charge in [-0.2, -0.15) is 9.62 Å². The van der Waals surface area contributed by atoms with Crippen LogP contribution in [0.2, 0.25) is 0 Å². The molecule has 3 aromatic rings. The molecular weight excluding hydrogens is 492 g/mol.